The van der Waals surface area contributed by atoms with Crippen LogP contribution in [0.4, 0.5) is 21.7 Å². The van der Waals surface area contributed by atoms with Gasteiger partial charge in [-0.05, 0) is 49.6 Å². The first-order valence-corrected chi connectivity index (χ1v) is 16.2. The minimum atomic E-state index is -1.49. The Morgan fingerprint density at radius 1 is 1.20 bits per heavy atom. The molecular weight excluding hydrogens is 595 g/mol. The molecule has 238 valence electrons. The number of pyridine rings is 1. The maximum Gasteiger partial charge on any atom is 0.268 e. The molecule has 0 aliphatic carbocycles. The number of nitrogens with one attached hydrogen (secondary N) is 2. The van der Waals surface area contributed by atoms with E-state index in [9.17, 15) is 9.35 Å². The molecular formula is C32H39FN8O3S. The standard InChI is InChI=1S/C32H39FN8O3S/c1-19(2)22(5)25-13-23-15-36-32(38-24-7-8-28(26(33)14-24)40-16-20(3)37-21(4)17-40)39-29(23)41(31(25)42)18-27-30(35-10-9-34-27)45(43)12-11-44-6/h7-10,13-15,19-21,37H,5,11-12,16-18H2,1-4,6H3,(H,36,38,39)/t20-,21+,45?. The second-order valence-corrected chi connectivity index (χ2v) is 13.1. The van der Waals surface area contributed by atoms with Gasteiger partial charge in [0.2, 0.25) is 5.95 Å². The first-order chi connectivity index (χ1) is 21.5. The molecule has 4 aromatic rings. The van der Waals surface area contributed by atoms with Crippen LogP contribution in [0.2, 0.25) is 0 Å². The molecule has 1 aliphatic heterocycles. The van der Waals surface area contributed by atoms with Crippen LogP contribution in [-0.2, 0) is 22.5 Å². The first-order valence-electron chi connectivity index (χ1n) is 14.9. The van der Waals surface area contributed by atoms with E-state index in [-0.39, 0.29) is 59.3 Å². The van der Waals surface area contributed by atoms with Gasteiger partial charge in [-0.25, -0.2) is 14.4 Å². The van der Waals surface area contributed by atoms with Gasteiger partial charge in [0.1, 0.15) is 22.9 Å². The molecule has 3 atom stereocenters. The lowest BCUT2D eigenvalue weighted by molar-refractivity contribution is 0.217. The molecule has 0 bridgehead atoms. The quantitative estimate of drug-likeness (QED) is 0.232. The normalized spacial score (nSPS) is 17.6. The number of allylic oxidation sites excluding steroid dienone is 1. The highest BCUT2D eigenvalue weighted by atomic mass is 32.2. The van der Waals surface area contributed by atoms with Gasteiger partial charge in [0.25, 0.3) is 10.6 Å². The van der Waals surface area contributed by atoms with Crippen LogP contribution >= 0.6 is 0 Å². The van der Waals surface area contributed by atoms with E-state index in [1.165, 1.54) is 30.1 Å². The van der Waals surface area contributed by atoms with Crippen molar-refractivity contribution >= 4 is 45.1 Å². The molecule has 0 spiro atoms. The summed E-state index contributed by atoms with van der Waals surface area (Å²) in [5.74, 6) is 0.0862. The van der Waals surface area contributed by atoms with E-state index in [4.69, 9.17) is 4.74 Å². The smallest absolute Gasteiger partial charge is 0.268 e. The van der Waals surface area contributed by atoms with Crippen LogP contribution in [-0.4, -0.2) is 73.7 Å². The molecule has 4 heterocycles. The lowest BCUT2D eigenvalue weighted by Gasteiger charge is -2.37. The summed E-state index contributed by atoms with van der Waals surface area (Å²) in [5.41, 5.74) is 2.50. The highest BCUT2D eigenvalue weighted by Crippen LogP contribution is 2.27. The lowest BCUT2D eigenvalue weighted by atomic mass is 9.97. The molecule has 13 heteroatoms. The second kappa shape index (κ2) is 14.0. The number of hydrogen-bond donors (Lipinski definition) is 2. The summed E-state index contributed by atoms with van der Waals surface area (Å²) < 4.78 is 34.9. The number of hydrogen-bond acceptors (Lipinski definition) is 10. The van der Waals surface area contributed by atoms with Gasteiger partial charge in [-0.1, -0.05) is 20.4 Å². The maximum atomic E-state index is 15.3. The largest absolute Gasteiger partial charge is 0.610 e. The number of methoxy groups -OCH3 is 1. The molecule has 0 saturated carbocycles. The van der Waals surface area contributed by atoms with E-state index >= 15 is 4.39 Å². The molecule has 1 saturated heterocycles. The Kier molecular flexibility index (Phi) is 10.1. The number of benzene rings is 1. The molecule has 11 nitrogen and oxygen atoms in total. The van der Waals surface area contributed by atoms with Crippen molar-refractivity contribution in [2.24, 2.45) is 5.92 Å². The molecule has 3 aromatic heterocycles. The van der Waals surface area contributed by atoms with Gasteiger partial charge in [0.15, 0.2) is 0 Å². The topological polar surface area (TPSA) is 133 Å². The van der Waals surface area contributed by atoms with Crippen molar-refractivity contribution in [1.82, 2.24) is 29.8 Å². The number of piperazine rings is 1. The number of nitrogens with zero attached hydrogens (tertiary/aromatic N) is 6. The summed E-state index contributed by atoms with van der Waals surface area (Å²) in [4.78, 5) is 33.9. The number of rotatable bonds is 11. The third kappa shape index (κ3) is 7.33. The molecule has 0 amide bonds. The van der Waals surface area contributed by atoms with Gasteiger partial charge in [-0.2, -0.15) is 4.98 Å². The fraction of sp³-hybridized carbons (Fsp3) is 0.406. The van der Waals surface area contributed by atoms with Gasteiger partial charge >= 0.3 is 0 Å². The van der Waals surface area contributed by atoms with Gasteiger partial charge in [-0.3, -0.25) is 14.3 Å². The highest BCUT2D eigenvalue weighted by Gasteiger charge is 2.24. The van der Waals surface area contributed by atoms with Crippen molar-refractivity contribution < 1.29 is 13.7 Å². The summed E-state index contributed by atoms with van der Waals surface area (Å²) in [6.45, 7) is 13.9. The number of aromatic nitrogens is 5. The summed E-state index contributed by atoms with van der Waals surface area (Å²) in [6, 6.07) is 7.19. The Labute approximate surface area is 265 Å². The summed E-state index contributed by atoms with van der Waals surface area (Å²) in [5, 5.41) is 7.43. The van der Waals surface area contributed by atoms with Crippen LogP contribution in [0.1, 0.15) is 39.0 Å². The first kappa shape index (κ1) is 32.5. The van der Waals surface area contributed by atoms with Crippen molar-refractivity contribution in [2.75, 3.05) is 42.8 Å². The van der Waals surface area contributed by atoms with Crippen LogP contribution in [0, 0.1) is 11.7 Å². The van der Waals surface area contributed by atoms with E-state index in [1.54, 1.807) is 24.4 Å². The zero-order valence-corrected chi connectivity index (χ0v) is 27.0. The summed E-state index contributed by atoms with van der Waals surface area (Å²) >= 11 is -1.49. The monoisotopic (exact) mass is 634 g/mol. The molecule has 0 radical (unpaired) electrons. The molecule has 1 fully saturated rings. The van der Waals surface area contributed by atoms with Crippen LogP contribution in [0.15, 0.2) is 59.3 Å². The van der Waals surface area contributed by atoms with Crippen molar-refractivity contribution in [1.29, 1.82) is 0 Å². The summed E-state index contributed by atoms with van der Waals surface area (Å²) in [6.07, 6.45) is 4.58. The van der Waals surface area contributed by atoms with E-state index in [0.717, 1.165) is 0 Å². The van der Waals surface area contributed by atoms with E-state index < -0.39 is 11.2 Å². The van der Waals surface area contributed by atoms with Crippen molar-refractivity contribution in [3.8, 4) is 0 Å². The maximum absolute atomic E-state index is 15.3. The summed E-state index contributed by atoms with van der Waals surface area (Å²) in [7, 11) is 1.54. The molecule has 1 aliphatic rings. The number of fused-ring (bicyclic) bond motifs is 1. The number of ether oxygens (including phenoxy) is 1. The molecule has 1 unspecified atom stereocenters. The third-order valence-electron chi connectivity index (χ3n) is 7.70. The van der Waals surface area contributed by atoms with Crippen LogP contribution in [0.25, 0.3) is 16.6 Å². The van der Waals surface area contributed by atoms with Crippen molar-refractivity contribution in [2.45, 2.75) is 51.3 Å². The van der Waals surface area contributed by atoms with Gasteiger partial charge < -0.3 is 24.8 Å². The fourth-order valence-electron chi connectivity index (χ4n) is 5.46. The Balaban J connectivity index is 1.52. The Hall–Kier alpha value is -3.91. The average molecular weight is 635 g/mol. The predicted molar refractivity (Wildman–Crippen MR) is 176 cm³/mol. The Morgan fingerprint density at radius 3 is 2.62 bits per heavy atom. The van der Waals surface area contributed by atoms with Crippen molar-refractivity contribution in [3.05, 3.63) is 76.9 Å². The minimum absolute atomic E-state index is 0.0181. The highest BCUT2D eigenvalue weighted by molar-refractivity contribution is 7.91. The molecule has 1 aromatic carbocycles. The Bertz CT molecular complexity index is 1740. The van der Waals surface area contributed by atoms with Crippen molar-refractivity contribution in [3.63, 3.8) is 0 Å². The molecule has 2 N–H and O–H groups in total. The number of anilines is 3. The van der Waals surface area contributed by atoms with Crippen LogP contribution in [0.5, 0.6) is 0 Å². The van der Waals surface area contributed by atoms with E-state index in [0.29, 0.717) is 52.3 Å². The lowest BCUT2D eigenvalue weighted by Crippen LogP contribution is -2.54. The van der Waals surface area contributed by atoms with Gasteiger partial charge in [-0.15, -0.1) is 0 Å². The third-order valence-corrected chi connectivity index (χ3v) is 9.01. The predicted octanol–water partition coefficient (Wildman–Crippen LogP) is 4.12. The number of halogens is 1. The van der Waals surface area contributed by atoms with Gasteiger partial charge in [0, 0.05) is 72.5 Å². The molecule has 5 rings (SSSR count). The SMILES string of the molecule is C=C(c1cc2cnc(Nc3ccc(N4C[C@@H](C)N[C@@H](C)C4)c(F)c3)nc2n(Cc2nccnc2[S+]([O-])CCOC)c1=O)C(C)C. The van der Waals surface area contributed by atoms with Crippen LogP contribution < -0.4 is 21.1 Å². The zero-order chi connectivity index (χ0) is 32.2. The molecule has 45 heavy (non-hydrogen) atoms. The fourth-order valence-corrected chi connectivity index (χ4v) is 6.53. The second-order valence-electron chi connectivity index (χ2n) is 11.6. The average Bonchev–Trinajstić information content (AvgIpc) is 3.00. The zero-order valence-electron chi connectivity index (χ0n) is 26.2. The minimum Gasteiger partial charge on any atom is -0.610 e. The van der Waals surface area contributed by atoms with E-state index in [1.807, 2.05) is 18.7 Å². The van der Waals surface area contributed by atoms with E-state index in [2.05, 4.69) is 51.0 Å². The van der Waals surface area contributed by atoms with Crippen LogP contribution in [0.3, 0.4) is 0 Å². The van der Waals surface area contributed by atoms with Gasteiger partial charge in [0.05, 0.1) is 25.0 Å². The Morgan fingerprint density at radius 2 is 1.93 bits per heavy atom.